The van der Waals surface area contributed by atoms with Crippen LogP contribution in [0.15, 0.2) is 52.8 Å². The molecule has 2 unspecified atom stereocenters. The normalized spacial score (nSPS) is 23.4. The lowest BCUT2D eigenvalue weighted by atomic mass is 9.97. The van der Waals surface area contributed by atoms with Crippen molar-refractivity contribution in [3.8, 4) is 0 Å². The molecular weight excluding hydrogens is 288 g/mol. The maximum atomic E-state index is 13.5. The zero-order chi connectivity index (χ0) is 12.3. The number of hydrogen-bond acceptors (Lipinski definition) is 1. The van der Waals surface area contributed by atoms with Crippen LogP contribution in [0.5, 0.6) is 0 Å². The van der Waals surface area contributed by atoms with Crippen molar-refractivity contribution in [1.82, 2.24) is 0 Å². The molecule has 0 aliphatic heterocycles. The molecule has 0 fully saturated rings. The van der Waals surface area contributed by atoms with Crippen LogP contribution in [-0.2, 0) is 0 Å². The fraction of sp³-hybridized carbons (Fsp3) is 0.231. The van der Waals surface area contributed by atoms with Gasteiger partial charge in [0.1, 0.15) is 12.0 Å². The van der Waals surface area contributed by atoms with E-state index in [0.29, 0.717) is 0 Å². The van der Waals surface area contributed by atoms with Gasteiger partial charge in [0.25, 0.3) is 0 Å². The Kier molecular flexibility index (Phi) is 3.94. The SMILES string of the molecule is FC1=CC=CC(F)C1CNc1ccc(Br)cc1. The van der Waals surface area contributed by atoms with Gasteiger partial charge in [0.15, 0.2) is 0 Å². The smallest absolute Gasteiger partial charge is 0.129 e. The number of alkyl halides is 1. The highest BCUT2D eigenvalue weighted by Gasteiger charge is 2.25. The lowest BCUT2D eigenvalue weighted by Gasteiger charge is -2.20. The highest BCUT2D eigenvalue weighted by Crippen LogP contribution is 2.25. The Morgan fingerprint density at radius 1 is 1.24 bits per heavy atom. The van der Waals surface area contributed by atoms with Gasteiger partial charge in [-0.3, -0.25) is 0 Å². The summed E-state index contributed by atoms with van der Waals surface area (Å²) in [6.45, 7) is 0.246. The van der Waals surface area contributed by atoms with Crippen molar-refractivity contribution in [1.29, 1.82) is 0 Å². The molecule has 1 aliphatic carbocycles. The predicted octanol–water partition coefficient (Wildman–Crippen LogP) is 4.24. The van der Waals surface area contributed by atoms with Gasteiger partial charge in [0, 0.05) is 16.7 Å². The van der Waals surface area contributed by atoms with E-state index < -0.39 is 17.9 Å². The van der Waals surface area contributed by atoms with Gasteiger partial charge in [-0.15, -0.1) is 0 Å². The highest BCUT2D eigenvalue weighted by molar-refractivity contribution is 9.10. The number of nitrogens with one attached hydrogen (secondary N) is 1. The molecule has 2 atom stereocenters. The molecule has 0 bridgehead atoms. The standard InChI is InChI=1S/C13H12BrF2N/c14-9-4-6-10(7-5-9)17-8-11-12(15)2-1-3-13(11)16/h1-7,11-12,17H,8H2. The molecule has 2 rings (SSSR count). The van der Waals surface area contributed by atoms with Crippen LogP contribution in [-0.4, -0.2) is 12.7 Å². The van der Waals surface area contributed by atoms with Crippen LogP contribution in [0.3, 0.4) is 0 Å². The third-order valence-electron chi connectivity index (χ3n) is 2.66. The molecule has 0 heterocycles. The number of hydrogen-bond donors (Lipinski definition) is 1. The first-order chi connectivity index (χ1) is 8.16. The van der Waals surface area contributed by atoms with Gasteiger partial charge in [-0.2, -0.15) is 0 Å². The zero-order valence-corrected chi connectivity index (χ0v) is 10.6. The van der Waals surface area contributed by atoms with E-state index in [0.717, 1.165) is 10.2 Å². The molecule has 0 radical (unpaired) electrons. The van der Waals surface area contributed by atoms with Crippen LogP contribution >= 0.6 is 15.9 Å². The lowest BCUT2D eigenvalue weighted by molar-refractivity contribution is 0.284. The molecule has 4 heteroatoms. The third kappa shape index (κ3) is 3.16. The molecule has 90 valence electrons. The number of allylic oxidation sites excluding steroid dienone is 3. The Labute approximate surface area is 107 Å². The molecule has 0 amide bonds. The topological polar surface area (TPSA) is 12.0 Å². The van der Waals surface area contributed by atoms with E-state index in [1.54, 1.807) is 0 Å². The first-order valence-corrected chi connectivity index (χ1v) is 6.13. The molecule has 17 heavy (non-hydrogen) atoms. The lowest BCUT2D eigenvalue weighted by Crippen LogP contribution is -2.25. The predicted molar refractivity (Wildman–Crippen MR) is 69.3 cm³/mol. The summed E-state index contributed by atoms with van der Waals surface area (Å²) in [5.74, 6) is -1.15. The quantitative estimate of drug-likeness (QED) is 0.880. The minimum atomic E-state index is -1.26. The van der Waals surface area contributed by atoms with Crippen molar-refractivity contribution in [3.63, 3.8) is 0 Å². The summed E-state index contributed by atoms with van der Waals surface area (Å²) in [6.07, 6.45) is 2.83. The van der Waals surface area contributed by atoms with E-state index in [9.17, 15) is 8.78 Å². The van der Waals surface area contributed by atoms with E-state index in [1.807, 2.05) is 24.3 Å². The van der Waals surface area contributed by atoms with E-state index in [2.05, 4.69) is 21.2 Å². The van der Waals surface area contributed by atoms with Crippen molar-refractivity contribution in [2.75, 3.05) is 11.9 Å². The van der Waals surface area contributed by atoms with Crippen molar-refractivity contribution in [2.24, 2.45) is 5.92 Å². The maximum Gasteiger partial charge on any atom is 0.129 e. The molecular formula is C13H12BrF2N. The number of halogens is 3. The molecule has 1 nitrogen and oxygen atoms in total. The van der Waals surface area contributed by atoms with Crippen LogP contribution < -0.4 is 5.32 Å². The Morgan fingerprint density at radius 2 is 1.94 bits per heavy atom. The summed E-state index contributed by atoms with van der Waals surface area (Å²) in [6, 6.07) is 7.47. The van der Waals surface area contributed by atoms with Crippen molar-refractivity contribution < 1.29 is 8.78 Å². The second kappa shape index (κ2) is 5.45. The van der Waals surface area contributed by atoms with Crippen LogP contribution in [0.25, 0.3) is 0 Å². The van der Waals surface area contributed by atoms with Gasteiger partial charge in [0.05, 0.1) is 5.92 Å². The highest BCUT2D eigenvalue weighted by atomic mass is 79.9. The monoisotopic (exact) mass is 299 g/mol. The number of anilines is 1. The molecule has 1 aliphatic rings. The van der Waals surface area contributed by atoms with Crippen molar-refractivity contribution >= 4 is 21.6 Å². The Morgan fingerprint density at radius 3 is 2.59 bits per heavy atom. The molecule has 0 aromatic heterocycles. The first-order valence-electron chi connectivity index (χ1n) is 5.34. The van der Waals surface area contributed by atoms with E-state index in [1.165, 1.54) is 18.2 Å². The fourth-order valence-electron chi connectivity index (χ4n) is 1.67. The molecule has 0 saturated heterocycles. The van der Waals surface area contributed by atoms with Gasteiger partial charge in [0.2, 0.25) is 0 Å². The number of benzene rings is 1. The van der Waals surface area contributed by atoms with Gasteiger partial charge in [-0.1, -0.05) is 22.0 Å². The van der Waals surface area contributed by atoms with Crippen molar-refractivity contribution in [3.05, 3.63) is 52.8 Å². The Balaban J connectivity index is 1.96. The van der Waals surface area contributed by atoms with Gasteiger partial charge in [-0.05, 0) is 36.4 Å². The molecule has 1 N–H and O–H groups in total. The van der Waals surface area contributed by atoms with Crippen LogP contribution in [0.2, 0.25) is 0 Å². The van der Waals surface area contributed by atoms with Gasteiger partial charge in [-0.25, -0.2) is 8.78 Å². The molecule has 1 aromatic carbocycles. The van der Waals surface area contributed by atoms with Gasteiger partial charge >= 0.3 is 0 Å². The molecule has 0 saturated carbocycles. The van der Waals surface area contributed by atoms with Gasteiger partial charge < -0.3 is 5.32 Å². The summed E-state index contributed by atoms with van der Waals surface area (Å²) < 4.78 is 27.8. The Bertz CT molecular complexity index is 439. The van der Waals surface area contributed by atoms with E-state index in [4.69, 9.17) is 0 Å². The van der Waals surface area contributed by atoms with E-state index in [-0.39, 0.29) is 6.54 Å². The molecule has 1 aromatic rings. The zero-order valence-electron chi connectivity index (χ0n) is 9.04. The second-order valence-corrected chi connectivity index (χ2v) is 4.79. The fourth-order valence-corrected chi connectivity index (χ4v) is 1.93. The summed E-state index contributed by atoms with van der Waals surface area (Å²) >= 11 is 3.33. The summed E-state index contributed by atoms with van der Waals surface area (Å²) in [7, 11) is 0. The first kappa shape index (κ1) is 12.3. The summed E-state index contributed by atoms with van der Waals surface area (Å²) in [5, 5.41) is 3.03. The average Bonchev–Trinajstić information content (AvgIpc) is 2.31. The minimum absolute atomic E-state index is 0.246. The van der Waals surface area contributed by atoms with Crippen LogP contribution in [0.1, 0.15) is 0 Å². The third-order valence-corrected chi connectivity index (χ3v) is 3.19. The maximum absolute atomic E-state index is 13.5. The van der Waals surface area contributed by atoms with Crippen LogP contribution in [0, 0.1) is 5.92 Å². The van der Waals surface area contributed by atoms with Crippen molar-refractivity contribution in [2.45, 2.75) is 6.17 Å². The van der Waals surface area contributed by atoms with E-state index >= 15 is 0 Å². The summed E-state index contributed by atoms with van der Waals surface area (Å²) in [5.41, 5.74) is 0.850. The molecule has 0 spiro atoms. The minimum Gasteiger partial charge on any atom is -0.384 e. The summed E-state index contributed by atoms with van der Waals surface area (Å²) in [4.78, 5) is 0. The Hall–Kier alpha value is -1.16. The second-order valence-electron chi connectivity index (χ2n) is 3.88. The largest absolute Gasteiger partial charge is 0.384 e. The van der Waals surface area contributed by atoms with Crippen LogP contribution in [0.4, 0.5) is 14.5 Å². The number of rotatable bonds is 3. The average molecular weight is 300 g/mol.